The van der Waals surface area contributed by atoms with Crippen LogP contribution in [0.3, 0.4) is 0 Å². The molecule has 0 spiro atoms. The molecule has 1 aromatic carbocycles. The van der Waals surface area contributed by atoms with Crippen molar-refractivity contribution in [1.29, 1.82) is 0 Å². The number of rotatable bonds is 3. The number of ether oxygens (including phenoxy) is 1. The Hall–Kier alpha value is -1.12. The minimum atomic E-state index is 0.104. The second-order valence-corrected chi connectivity index (χ2v) is 4.35. The standard InChI is InChI=1S/C14H19NO/c1-10(2)13(15-3)14-12-7-5-4-6-11(12)8-9-16-14/h4-7,13-15H,1,8-9H2,2-3H3. The van der Waals surface area contributed by atoms with E-state index in [1.807, 2.05) is 14.0 Å². The van der Waals surface area contributed by atoms with Crippen molar-refractivity contribution in [3.63, 3.8) is 0 Å². The summed E-state index contributed by atoms with van der Waals surface area (Å²) in [6.07, 6.45) is 1.12. The summed E-state index contributed by atoms with van der Waals surface area (Å²) < 4.78 is 5.90. The molecule has 2 nitrogen and oxygen atoms in total. The second-order valence-electron chi connectivity index (χ2n) is 4.35. The van der Waals surface area contributed by atoms with Gasteiger partial charge in [-0.3, -0.25) is 0 Å². The van der Waals surface area contributed by atoms with Crippen LogP contribution in [0.15, 0.2) is 36.4 Å². The van der Waals surface area contributed by atoms with Crippen molar-refractivity contribution in [2.24, 2.45) is 0 Å². The lowest BCUT2D eigenvalue weighted by molar-refractivity contribution is 0.0255. The maximum atomic E-state index is 5.90. The zero-order chi connectivity index (χ0) is 11.5. The molecule has 0 fully saturated rings. The molecular formula is C14H19NO. The van der Waals surface area contributed by atoms with Gasteiger partial charge in [0.05, 0.1) is 12.6 Å². The summed E-state index contributed by atoms with van der Waals surface area (Å²) in [4.78, 5) is 0. The van der Waals surface area contributed by atoms with Gasteiger partial charge in [-0.15, -0.1) is 0 Å². The van der Waals surface area contributed by atoms with Gasteiger partial charge in [0, 0.05) is 0 Å². The van der Waals surface area contributed by atoms with E-state index >= 15 is 0 Å². The SMILES string of the molecule is C=C(C)C(NC)C1OCCc2ccccc21. The fraction of sp³-hybridized carbons (Fsp3) is 0.429. The Morgan fingerprint density at radius 3 is 2.94 bits per heavy atom. The van der Waals surface area contributed by atoms with Crippen LogP contribution in [0, 0.1) is 0 Å². The Morgan fingerprint density at radius 1 is 1.50 bits per heavy atom. The maximum absolute atomic E-state index is 5.90. The van der Waals surface area contributed by atoms with Crippen molar-refractivity contribution in [1.82, 2.24) is 5.32 Å². The molecule has 1 N–H and O–H groups in total. The highest BCUT2D eigenvalue weighted by Crippen LogP contribution is 2.31. The number of fused-ring (bicyclic) bond motifs is 1. The number of hydrogen-bond acceptors (Lipinski definition) is 2. The summed E-state index contributed by atoms with van der Waals surface area (Å²) in [5.41, 5.74) is 3.82. The molecule has 0 saturated heterocycles. The van der Waals surface area contributed by atoms with Crippen molar-refractivity contribution in [2.75, 3.05) is 13.7 Å². The lowest BCUT2D eigenvalue weighted by atomic mass is 9.91. The van der Waals surface area contributed by atoms with E-state index in [9.17, 15) is 0 Å². The summed E-state index contributed by atoms with van der Waals surface area (Å²) in [7, 11) is 1.96. The zero-order valence-corrected chi connectivity index (χ0v) is 9.99. The molecule has 0 radical (unpaired) electrons. The predicted octanol–water partition coefficient (Wildman–Crippen LogP) is 2.46. The van der Waals surface area contributed by atoms with Gasteiger partial charge in [-0.25, -0.2) is 0 Å². The number of benzene rings is 1. The summed E-state index contributed by atoms with van der Waals surface area (Å²) in [6.45, 7) is 6.87. The van der Waals surface area contributed by atoms with Crippen molar-refractivity contribution < 1.29 is 4.74 Å². The van der Waals surface area contributed by atoms with Crippen LogP contribution in [0.5, 0.6) is 0 Å². The van der Waals surface area contributed by atoms with E-state index in [2.05, 4.69) is 36.2 Å². The van der Waals surface area contributed by atoms with Crippen molar-refractivity contribution in [3.05, 3.63) is 47.5 Å². The second kappa shape index (κ2) is 4.81. The van der Waals surface area contributed by atoms with Gasteiger partial charge in [-0.2, -0.15) is 0 Å². The first-order chi connectivity index (χ1) is 7.74. The smallest absolute Gasteiger partial charge is 0.102 e. The van der Waals surface area contributed by atoms with Gasteiger partial charge in [0.15, 0.2) is 0 Å². The first-order valence-corrected chi connectivity index (χ1v) is 5.76. The summed E-state index contributed by atoms with van der Waals surface area (Å²) >= 11 is 0. The average Bonchev–Trinajstić information content (AvgIpc) is 2.30. The van der Waals surface area contributed by atoms with E-state index in [4.69, 9.17) is 4.74 Å². The third kappa shape index (κ3) is 2.04. The third-order valence-electron chi connectivity index (χ3n) is 3.18. The first-order valence-electron chi connectivity index (χ1n) is 5.76. The normalized spacial score (nSPS) is 21.2. The Kier molecular flexibility index (Phi) is 3.42. The van der Waals surface area contributed by atoms with Crippen molar-refractivity contribution >= 4 is 0 Å². The molecule has 0 aromatic heterocycles. The minimum absolute atomic E-state index is 0.104. The van der Waals surface area contributed by atoms with E-state index in [0.717, 1.165) is 18.6 Å². The topological polar surface area (TPSA) is 21.3 Å². The maximum Gasteiger partial charge on any atom is 0.102 e. The molecule has 0 saturated carbocycles. The quantitative estimate of drug-likeness (QED) is 0.785. The minimum Gasteiger partial charge on any atom is -0.371 e. The molecule has 1 aromatic rings. The lowest BCUT2D eigenvalue weighted by Crippen LogP contribution is -2.37. The van der Waals surface area contributed by atoms with E-state index in [1.54, 1.807) is 0 Å². The van der Waals surface area contributed by atoms with Crippen LogP contribution < -0.4 is 5.32 Å². The molecule has 2 heteroatoms. The van der Waals surface area contributed by atoms with Crippen LogP contribution >= 0.6 is 0 Å². The van der Waals surface area contributed by atoms with E-state index < -0.39 is 0 Å². The molecule has 1 aliphatic heterocycles. The van der Waals surface area contributed by atoms with E-state index in [-0.39, 0.29) is 12.1 Å². The van der Waals surface area contributed by atoms with Gasteiger partial charge < -0.3 is 10.1 Å². The molecule has 1 heterocycles. The Balaban J connectivity index is 2.34. The van der Waals surface area contributed by atoms with E-state index in [0.29, 0.717) is 0 Å². The molecule has 0 aliphatic carbocycles. The fourth-order valence-corrected chi connectivity index (χ4v) is 2.36. The molecular weight excluding hydrogens is 198 g/mol. The molecule has 86 valence electrons. The lowest BCUT2D eigenvalue weighted by Gasteiger charge is -2.32. The van der Waals surface area contributed by atoms with Gasteiger partial charge in [-0.1, -0.05) is 36.4 Å². The van der Waals surface area contributed by atoms with Gasteiger partial charge in [0.25, 0.3) is 0 Å². The highest BCUT2D eigenvalue weighted by atomic mass is 16.5. The predicted molar refractivity (Wildman–Crippen MR) is 66.5 cm³/mol. The summed E-state index contributed by atoms with van der Waals surface area (Å²) in [6, 6.07) is 8.71. The monoisotopic (exact) mass is 217 g/mol. The zero-order valence-electron chi connectivity index (χ0n) is 9.99. The van der Waals surface area contributed by atoms with Crippen molar-refractivity contribution in [2.45, 2.75) is 25.5 Å². The molecule has 0 amide bonds. The summed E-state index contributed by atoms with van der Waals surface area (Å²) in [5.74, 6) is 0. The number of likely N-dealkylation sites (N-methyl/N-ethyl adjacent to an activating group) is 1. The van der Waals surface area contributed by atoms with Crippen LogP contribution in [0.2, 0.25) is 0 Å². The van der Waals surface area contributed by atoms with Crippen LogP contribution in [0.25, 0.3) is 0 Å². The molecule has 2 rings (SSSR count). The van der Waals surface area contributed by atoms with E-state index in [1.165, 1.54) is 11.1 Å². The fourth-order valence-electron chi connectivity index (χ4n) is 2.36. The highest BCUT2D eigenvalue weighted by molar-refractivity contribution is 5.33. The number of hydrogen-bond donors (Lipinski definition) is 1. The van der Waals surface area contributed by atoms with Crippen LogP contribution in [0.4, 0.5) is 0 Å². The first kappa shape index (κ1) is 11.4. The van der Waals surface area contributed by atoms with Gasteiger partial charge in [0.2, 0.25) is 0 Å². The number of nitrogens with one attached hydrogen (secondary N) is 1. The van der Waals surface area contributed by atoms with Crippen molar-refractivity contribution in [3.8, 4) is 0 Å². The molecule has 2 atom stereocenters. The molecule has 2 unspecified atom stereocenters. The average molecular weight is 217 g/mol. The molecule has 1 aliphatic rings. The largest absolute Gasteiger partial charge is 0.371 e. The highest BCUT2D eigenvalue weighted by Gasteiger charge is 2.27. The van der Waals surface area contributed by atoms with Crippen LogP contribution in [-0.4, -0.2) is 19.7 Å². The van der Waals surface area contributed by atoms with Crippen LogP contribution in [-0.2, 0) is 11.2 Å². The Bertz CT molecular complexity index is 386. The van der Waals surface area contributed by atoms with Gasteiger partial charge in [-0.05, 0) is 31.5 Å². The summed E-state index contributed by atoms with van der Waals surface area (Å²) in [5, 5.41) is 3.29. The van der Waals surface area contributed by atoms with Gasteiger partial charge >= 0.3 is 0 Å². The van der Waals surface area contributed by atoms with Gasteiger partial charge in [0.1, 0.15) is 6.10 Å². The Labute approximate surface area is 97.3 Å². The van der Waals surface area contributed by atoms with Crippen LogP contribution in [0.1, 0.15) is 24.2 Å². The molecule has 0 bridgehead atoms. The third-order valence-corrected chi connectivity index (χ3v) is 3.18. The Morgan fingerprint density at radius 2 is 2.25 bits per heavy atom. The molecule has 16 heavy (non-hydrogen) atoms.